The van der Waals surface area contributed by atoms with Crippen LogP contribution in [0.4, 0.5) is 0 Å². The minimum Gasteiger partial charge on any atom is -0.394 e. The summed E-state index contributed by atoms with van der Waals surface area (Å²) in [5.74, 6) is 0. The zero-order chi connectivity index (χ0) is 60.4. The third kappa shape index (κ3) is 16.4. The van der Waals surface area contributed by atoms with Crippen LogP contribution in [-0.2, 0) is 123 Å². The highest BCUT2D eigenvalue weighted by Crippen LogP contribution is 2.40. The smallest absolute Gasteiger partial charge is 0.187 e. The summed E-state index contributed by atoms with van der Waals surface area (Å²) in [5.41, 5.74) is 0. The summed E-state index contributed by atoms with van der Waals surface area (Å²) in [6.07, 6.45) is -33.7. The Morgan fingerprint density at radius 2 is 0.622 bits per heavy atom. The number of carbonyl (C=O) groups is 1. The number of aldehydes is 1. The fourth-order valence-electron chi connectivity index (χ4n) is 11.2. The van der Waals surface area contributed by atoms with E-state index in [-0.39, 0.29) is 39.3 Å². The van der Waals surface area contributed by atoms with E-state index in [0.29, 0.717) is 0 Å². The molecular formula is C51H92O31. The van der Waals surface area contributed by atoms with Crippen LogP contribution in [0.2, 0.25) is 0 Å². The summed E-state index contributed by atoms with van der Waals surface area (Å²) in [6.45, 7) is -1.20. The molecule has 31 nitrogen and oxygen atoms in total. The van der Waals surface area contributed by atoms with Crippen LogP contribution < -0.4 is 0 Å². The standard InChI is InChI=1S/C51H92O31/c1-58-18-25-31(57)37(63-6)42(68-11)47(73-25)79-33-27(20-60-3)75-49(44(70-13)39(33)65-8)81-35-29(22-62-5)77-51(46(72-15)41(35)67-10)82-36-28(21-61-4)76-50(45(71-14)40(36)66-9)80-34-26(19-59-2)74-48(43(69-12)38(34)64-7)78-32(24(55)17-53)30(56)23(54)16-52/h16,23-51,53-57H,17-22H2,1-15H3/t23-,24+,25+,26+,27+,28+,29+,30+,31+,32+,33+,34+,35+,36+,37-,38-,39-,40-,41-,42+,43+,44+,45+,46+,47+,48+,49+,50+,51+/m0/s1. The second kappa shape index (κ2) is 35.5. The Labute approximate surface area is 478 Å². The number of aliphatic hydroxyl groups is 5. The van der Waals surface area contributed by atoms with E-state index >= 15 is 0 Å². The van der Waals surface area contributed by atoms with E-state index in [4.69, 9.17) is 118 Å². The van der Waals surface area contributed by atoms with E-state index in [1.807, 2.05) is 0 Å². The second-order valence-corrected chi connectivity index (χ2v) is 19.9. The summed E-state index contributed by atoms with van der Waals surface area (Å²) in [4.78, 5) is 11.4. The molecule has 0 aliphatic carbocycles. The molecule has 0 unspecified atom stereocenters. The average Bonchev–Trinajstić information content (AvgIpc) is 3.59. The average molecular weight is 1200 g/mol. The zero-order valence-electron chi connectivity index (χ0n) is 49.4. The van der Waals surface area contributed by atoms with Crippen molar-refractivity contribution in [3.63, 3.8) is 0 Å². The van der Waals surface area contributed by atoms with Crippen molar-refractivity contribution >= 4 is 6.29 Å². The van der Waals surface area contributed by atoms with Gasteiger partial charge in [-0.2, -0.15) is 0 Å². The van der Waals surface area contributed by atoms with Crippen molar-refractivity contribution in [2.75, 3.05) is 146 Å². The van der Waals surface area contributed by atoms with Crippen molar-refractivity contribution in [3.05, 3.63) is 0 Å². The third-order valence-corrected chi connectivity index (χ3v) is 15.2. The molecular weight excluding hydrogens is 1110 g/mol. The molecule has 5 heterocycles. The maximum absolute atomic E-state index is 11.4. The molecule has 29 atom stereocenters. The third-order valence-electron chi connectivity index (χ3n) is 15.2. The van der Waals surface area contributed by atoms with Gasteiger partial charge in [0, 0.05) is 107 Å². The molecule has 0 aromatic heterocycles. The van der Waals surface area contributed by atoms with Gasteiger partial charge in [0.15, 0.2) is 37.7 Å². The van der Waals surface area contributed by atoms with E-state index in [9.17, 15) is 30.3 Å². The highest BCUT2D eigenvalue weighted by molar-refractivity contribution is 5.56. The van der Waals surface area contributed by atoms with Gasteiger partial charge >= 0.3 is 0 Å². The van der Waals surface area contributed by atoms with Crippen LogP contribution in [0.15, 0.2) is 0 Å². The lowest BCUT2D eigenvalue weighted by Gasteiger charge is -2.52. The summed E-state index contributed by atoms with van der Waals surface area (Å²) >= 11 is 0. The Bertz CT molecular complexity index is 1750. The van der Waals surface area contributed by atoms with Gasteiger partial charge in [0.2, 0.25) is 0 Å². The molecule has 0 radical (unpaired) electrons. The van der Waals surface area contributed by atoms with E-state index < -0.39 is 185 Å². The van der Waals surface area contributed by atoms with Crippen LogP contribution >= 0.6 is 0 Å². The first-order valence-corrected chi connectivity index (χ1v) is 26.7. The lowest BCUT2D eigenvalue weighted by molar-refractivity contribution is -0.400. The molecule has 0 saturated carbocycles. The van der Waals surface area contributed by atoms with Gasteiger partial charge in [-0.25, -0.2) is 0 Å². The molecule has 0 spiro atoms. The molecule has 5 rings (SSSR count). The molecule has 31 heteroatoms. The van der Waals surface area contributed by atoms with Crippen LogP contribution in [-0.4, -0.2) is 356 Å². The van der Waals surface area contributed by atoms with E-state index in [2.05, 4.69) is 0 Å². The maximum Gasteiger partial charge on any atom is 0.187 e. The van der Waals surface area contributed by atoms with Gasteiger partial charge in [-0.15, -0.1) is 0 Å². The molecule has 0 aromatic carbocycles. The van der Waals surface area contributed by atoms with Gasteiger partial charge in [-0.05, 0) is 0 Å². The monoisotopic (exact) mass is 1200 g/mol. The lowest BCUT2D eigenvalue weighted by atomic mass is 9.94. The number of rotatable bonds is 35. The fourth-order valence-corrected chi connectivity index (χ4v) is 11.2. The molecule has 0 amide bonds. The molecule has 0 aromatic rings. The predicted octanol–water partition coefficient (Wildman–Crippen LogP) is -4.45. The van der Waals surface area contributed by atoms with Crippen molar-refractivity contribution in [1.82, 2.24) is 0 Å². The van der Waals surface area contributed by atoms with Crippen molar-refractivity contribution in [2.24, 2.45) is 0 Å². The molecule has 82 heavy (non-hydrogen) atoms. The first-order chi connectivity index (χ1) is 39.6. The topological polar surface area (TPSA) is 349 Å². The summed E-state index contributed by atoms with van der Waals surface area (Å²) in [5, 5.41) is 52.4. The Balaban J connectivity index is 1.41. The van der Waals surface area contributed by atoms with Gasteiger partial charge in [0.05, 0.1) is 39.6 Å². The number of aliphatic hydroxyl groups excluding tert-OH is 5. The fraction of sp³-hybridized carbons (Fsp3) is 0.980. The van der Waals surface area contributed by atoms with Gasteiger partial charge in [-0.1, -0.05) is 0 Å². The molecule has 5 fully saturated rings. The van der Waals surface area contributed by atoms with E-state index in [0.717, 1.165) is 0 Å². The molecule has 5 aliphatic heterocycles. The number of hydrogen-bond acceptors (Lipinski definition) is 31. The van der Waals surface area contributed by atoms with Crippen molar-refractivity contribution in [1.29, 1.82) is 0 Å². The van der Waals surface area contributed by atoms with Crippen LogP contribution in [0.25, 0.3) is 0 Å². The highest BCUT2D eigenvalue weighted by Gasteiger charge is 2.59. The number of methoxy groups -OCH3 is 15. The first-order valence-electron chi connectivity index (χ1n) is 26.7. The largest absolute Gasteiger partial charge is 0.394 e. The van der Waals surface area contributed by atoms with Crippen LogP contribution in [0.1, 0.15) is 0 Å². The Morgan fingerprint density at radius 3 is 0.890 bits per heavy atom. The highest BCUT2D eigenvalue weighted by atomic mass is 16.8. The maximum atomic E-state index is 11.4. The normalized spacial score (nSPS) is 41.7. The van der Waals surface area contributed by atoms with Gasteiger partial charge < -0.3 is 149 Å². The Hall–Kier alpha value is -1.53. The van der Waals surface area contributed by atoms with Crippen molar-refractivity contribution in [2.45, 2.75) is 178 Å². The molecule has 5 aliphatic rings. The number of hydrogen-bond donors (Lipinski definition) is 5. The zero-order valence-corrected chi connectivity index (χ0v) is 49.4. The predicted molar refractivity (Wildman–Crippen MR) is 272 cm³/mol. The van der Waals surface area contributed by atoms with Gasteiger partial charge in [0.1, 0.15) is 146 Å². The first kappa shape index (κ1) is 71.2. The van der Waals surface area contributed by atoms with Crippen LogP contribution in [0, 0.1) is 0 Å². The van der Waals surface area contributed by atoms with Gasteiger partial charge in [-0.3, -0.25) is 0 Å². The summed E-state index contributed by atoms with van der Waals surface area (Å²) in [7, 11) is 21.7. The minimum absolute atomic E-state index is 0.0177. The molecule has 5 saturated heterocycles. The Kier molecular flexibility index (Phi) is 30.8. The molecule has 0 bridgehead atoms. The number of ether oxygens (including phenoxy) is 25. The van der Waals surface area contributed by atoms with Crippen molar-refractivity contribution in [3.8, 4) is 0 Å². The van der Waals surface area contributed by atoms with Crippen LogP contribution in [0.5, 0.6) is 0 Å². The quantitative estimate of drug-likeness (QED) is 0.0374. The Morgan fingerprint density at radius 1 is 0.366 bits per heavy atom. The second-order valence-electron chi connectivity index (χ2n) is 19.9. The lowest BCUT2D eigenvalue weighted by Crippen LogP contribution is -2.69. The minimum atomic E-state index is -1.99. The van der Waals surface area contributed by atoms with Gasteiger partial charge in [0.25, 0.3) is 0 Å². The molecule has 482 valence electrons. The summed E-state index contributed by atoms with van der Waals surface area (Å²) < 4.78 is 154. The van der Waals surface area contributed by atoms with E-state index in [1.54, 1.807) is 0 Å². The number of carbonyl (C=O) groups excluding carboxylic acids is 1. The van der Waals surface area contributed by atoms with Crippen LogP contribution in [0.3, 0.4) is 0 Å². The SMILES string of the molecule is COC[C@H]1O[C@H](O[C@H]2[C@H](OC)[C@@H](OC)[C@@H](O[C@H]3[C@H](OC)[C@@H](OC)[C@@H](O[C@H]4[C@H](OC)[C@@H](OC)[C@@H](O[C@H]5[C@H](OC)[C@@H](OC)[C@@H](O[C@@H]([C@H](O)[C@@H](O)C=O)[C@H](O)CO)O[C@@H]5COC)O[C@@H]4COC)O[C@@H]3COC)O[C@@H]2COC)[C@H](OC)[C@@H](OC)[C@@H]1O. The van der Waals surface area contributed by atoms with Crippen molar-refractivity contribution < 1.29 is 149 Å². The summed E-state index contributed by atoms with van der Waals surface area (Å²) in [6, 6.07) is 0. The molecule has 5 N–H and O–H groups in total. The van der Waals surface area contributed by atoms with E-state index in [1.165, 1.54) is 107 Å².